The molecular weight excluding hydrogens is 500 g/mol. The first-order valence-corrected chi connectivity index (χ1v) is 13.1. The zero-order chi connectivity index (χ0) is 26.5. The minimum atomic E-state index is -0.564. The molecule has 1 aliphatic heterocycles. The molecule has 5 rings (SSSR count). The number of thioether (sulfide) groups is 1. The van der Waals surface area contributed by atoms with Crippen molar-refractivity contribution in [2.45, 2.75) is 18.1 Å². The van der Waals surface area contributed by atoms with Crippen molar-refractivity contribution in [1.29, 1.82) is 0 Å². The first-order chi connectivity index (χ1) is 18.5. The number of amidine groups is 1. The predicted octanol–water partition coefficient (Wildman–Crippen LogP) is 5.39. The van der Waals surface area contributed by atoms with Crippen molar-refractivity contribution in [2.24, 2.45) is 4.99 Å². The van der Waals surface area contributed by atoms with Gasteiger partial charge in [0.1, 0.15) is 16.7 Å². The molecule has 9 heteroatoms. The molecule has 1 aliphatic rings. The van der Waals surface area contributed by atoms with Gasteiger partial charge in [-0.25, -0.2) is 4.99 Å². The smallest absolute Gasteiger partial charge is 0.242 e. The highest BCUT2D eigenvalue weighted by Gasteiger charge is 2.39. The van der Waals surface area contributed by atoms with Gasteiger partial charge in [0.05, 0.1) is 19.9 Å². The van der Waals surface area contributed by atoms with Crippen LogP contribution < -0.4 is 14.8 Å². The Bertz CT molecular complexity index is 1480. The molecule has 0 aliphatic carbocycles. The van der Waals surface area contributed by atoms with Gasteiger partial charge in [0.2, 0.25) is 11.8 Å². The van der Waals surface area contributed by atoms with Crippen molar-refractivity contribution in [1.82, 2.24) is 9.88 Å². The van der Waals surface area contributed by atoms with Gasteiger partial charge in [-0.3, -0.25) is 14.5 Å². The van der Waals surface area contributed by atoms with Crippen LogP contribution in [0.2, 0.25) is 0 Å². The molecule has 1 fully saturated rings. The number of nitrogens with zero attached hydrogens (tertiary/aromatic N) is 2. The number of carbonyl (C=O) groups excluding carboxylic acids is 2. The molecule has 0 radical (unpaired) electrons. The van der Waals surface area contributed by atoms with Gasteiger partial charge in [-0.2, -0.15) is 0 Å². The second kappa shape index (κ2) is 11.4. The molecule has 1 saturated heterocycles. The first-order valence-electron chi connectivity index (χ1n) is 12.2. The van der Waals surface area contributed by atoms with E-state index in [0.717, 1.165) is 22.2 Å². The summed E-state index contributed by atoms with van der Waals surface area (Å²) in [7, 11) is 3.24. The van der Waals surface area contributed by atoms with Crippen LogP contribution in [0.4, 0.5) is 11.4 Å². The number of carbonyl (C=O) groups is 2. The Kier molecular flexibility index (Phi) is 7.65. The van der Waals surface area contributed by atoms with Gasteiger partial charge in [0.25, 0.3) is 0 Å². The molecule has 0 bridgehead atoms. The van der Waals surface area contributed by atoms with E-state index < -0.39 is 5.25 Å². The van der Waals surface area contributed by atoms with Crippen LogP contribution in [-0.4, -0.2) is 52.9 Å². The highest BCUT2D eigenvalue weighted by molar-refractivity contribution is 8.15. The maximum Gasteiger partial charge on any atom is 0.242 e. The van der Waals surface area contributed by atoms with Gasteiger partial charge in [-0.15, -0.1) is 0 Å². The van der Waals surface area contributed by atoms with Gasteiger partial charge in [-0.05, 0) is 54.4 Å². The van der Waals surface area contributed by atoms with Crippen LogP contribution in [0.15, 0.2) is 84.0 Å². The Morgan fingerprint density at radius 2 is 1.82 bits per heavy atom. The van der Waals surface area contributed by atoms with Crippen molar-refractivity contribution < 1.29 is 19.1 Å². The second-order valence-corrected chi connectivity index (χ2v) is 9.96. The van der Waals surface area contributed by atoms with Crippen LogP contribution in [-0.2, 0) is 16.0 Å². The summed E-state index contributed by atoms with van der Waals surface area (Å²) in [6.45, 7) is 0.426. The zero-order valence-electron chi connectivity index (χ0n) is 21.1. The lowest BCUT2D eigenvalue weighted by Gasteiger charge is -2.16. The number of nitrogens with one attached hydrogen (secondary N) is 2. The molecule has 2 amide bonds. The number of ether oxygens (including phenoxy) is 2. The molecule has 2 heterocycles. The molecule has 1 unspecified atom stereocenters. The average molecular weight is 529 g/mol. The lowest BCUT2D eigenvalue weighted by Crippen LogP contribution is -2.35. The van der Waals surface area contributed by atoms with Crippen molar-refractivity contribution in [3.63, 3.8) is 0 Å². The molecule has 1 aromatic heterocycles. The van der Waals surface area contributed by atoms with Crippen molar-refractivity contribution in [3.05, 3.63) is 84.6 Å². The fourth-order valence-electron chi connectivity index (χ4n) is 4.35. The molecule has 4 aromatic rings. The minimum Gasteiger partial charge on any atom is -0.497 e. The standard InChI is InChI=1S/C29H28N4O4S/c1-36-22-10-6-9-21(15-22)32-29-33(14-13-19-18-30-25-12-11-23(37-2)16-24(19)25)28(35)26(38-29)17-27(34)31-20-7-4-3-5-8-20/h3-12,15-16,18,26,30H,13-14,17H2,1-2H3,(H,31,34). The van der Waals surface area contributed by atoms with E-state index >= 15 is 0 Å². The number of hydrogen-bond acceptors (Lipinski definition) is 6. The molecular formula is C29H28N4O4S. The number of methoxy groups -OCH3 is 2. The van der Waals surface area contributed by atoms with Crippen LogP contribution in [0.1, 0.15) is 12.0 Å². The number of fused-ring (bicyclic) bond motifs is 1. The summed E-state index contributed by atoms with van der Waals surface area (Å²) >= 11 is 1.32. The molecule has 38 heavy (non-hydrogen) atoms. The zero-order valence-corrected chi connectivity index (χ0v) is 22.0. The number of aromatic nitrogens is 1. The van der Waals surface area contributed by atoms with E-state index in [1.165, 1.54) is 11.8 Å². The maximum absolute atomic E-state index is 13.5. The topological polar surface area (TPSA) is 96.0 Å². The van der Waals surface area contributed by atoms with Gasteiger partial charge in [-0.1, -0.05) is 36.0 Å². The van der Waals surface area contributed by atoms with Crippen LogP contribution in [0.5, 0.6) is 11.5 Å². The molecule has 0 spiro atoms. The maximum atomic E-state index is 13.5. The van der Waals surface area contributed by atoms with Crippen LogP contribution in [0.25, 0.3) is 10.9 Å². The largest absolute Gasteiger partial charge is 0.497 e. The summed E-state index contributed by atoms with van der Waals surface area (Å²) in [5.41, 5.74) is 3.45. The summed E-state index contributed by atoms with van der Waals surface area (Å²) < 4.78 is 10.7. The summed E-state index contributed by atoms with van der Waals surface area (Å²) in [5, 5.41) is 3.93. The predicted molar refractivity (Wildman–Crippen MR) is 151 cm³/mol. The number of benzene rings is 3. The lowest BCUT2D eigenvalue weighted by molar-refractivity contribution is -0.128. The van der Waals surface area contributed by atoms with E-state index in [2.05, 4.69) is 10.3 Å². The van der Waals surface area contributed by atoms with Crippen LogP contribution in [0, 0.1) is 0 Å². The third-order valence-electron chi connectivity index (χ3n) is 6.31. The second-order valence-electron chi connectivity index (χ2n) is 8.79. The minimum absolute atomic E-state index is 0.0519. The summed E-state index contributed by atoms with van der Waals surface area (Å²) in [6, 6.07) is 22.5. The van der Waals surface area contributed by atoms with Crippen molar-refractivity contribution >= 4 is 51.0 Å². The third kappa shape index (κ3) is 5.68. The van der Waals surface area contributed by atoms with Crippen molar-refractivity contribution in [3.8, 4) is 11.5 Å². The number of para-hydroxylation sites is 1. The third-order valence-corrected chi connectivity index (χ3v) is 7.48. The van der Waals surface area contributed by atoms with Gasteiger partial charge >= 0.3 is 0 Å². The number of anilines is 1. The number of rotatable bonds is 9. The normalized spacial score (nSPS) is 16.3. The number of aliphatic imine (C=N–C) groups is 1. The summed E-state index contributed by atoms with van der Waals surface area (Å²) in [4.78, 5) is 36.0. The van der Waals surface area contributed by atoms with E-state index in [1.807, 2.05) is 79.0 Å². The Labute approximate surface area is 225 Å². The van der Waals surface area contributed by atoms with E-state index in [4.69, 9.17) is 14.5 Å². The van der Waals surface area contributed by atoms with E-state index in [-0.39, 0.29) is 18.2 Å². The average Bonchev–Trinajstić information content (AvgIpc) is 3.47. The van der Waals surface area contributed by atoms with Gasteiger partial charge in [0.15, 0.2) is 5.17 Å². The number of aromatic amines is 1. The molecule has 194 valence electrons. The van der Waals surface area contributed by atoms with E-state index in [1.54, 1.807) is 19.1 Å². The Balaban J connectivity index is 1.37. The molecule has 0 saturated carbocycles. The van der Waals surface area contributed by atoms with E-state index in [9.17, 15) is 9.59 Å². The molecule has 2 N–H and O–H groups in total. The SMILES string of the molecule is COc1cccc(N=C2SC(CC(=O)Nc3ccccc3)C(=O)N2CCc2c[nH]c3ccc(OC)cc23)c1. The fourth-order valence-corrected chi connectivity index (χ4v) is 5.53. The highest BCUT2D eigenvalue weighted by atomic mass is 32.2. The van der Waals surface area contributed by atoms with Crippen LogP contribution in [0.3, 0.4) is 0 Å². The quantitative estimate of drug-likeness (QED) is 0.304. The Hall–Kier alpha value is -4.24. The fraction of sp³-hybridized carbons (Fsp3) is 0.207. The number of hydrogen-bond donors (Lipinski definition) is 2. The van der Waals surface area contributed by atoms with Crippen LogP contribution >= 0.6 is 11.8 Å². The first kappa shape index (κ1) is 25.4. The Morgan fingerprint density at radius 1 is 1.03 bits per heavy atom. The highest BCUT2D eigenvalue weighted by Crippen LogP contribution is 2.33. The van der Waals surface area contributed by atoms with E-state index in [0.29, 0.717) is 35.3 Å². The molecule has 3 aromatic carbocycles. The van der Waals surface area contributed by atoms with Gasteiger partial charge < -0.3 is 19.8 Å². The van der Waals surface area contributed by atoms with Crippen molar-refractivity contribution in [2.75, 3.05) is 26.1 Å². The summed E-state index contributed by atoms with van der Waals surface area (Å²) in [6.07, 6.45) is 2.62. The Morgan fingerprint density at radius 3 is 2.61 bits per heavy atom. The molecule has 8 nitrogen and oxygen atoms in total. The molecule has 1 atom stereocenters. The summed E-state index contributed by atoms with van der Waals surface area (Å²) in [5.74, 6) is 1.11. The monoisotopic (exact) mass is 528 g/mol. The lowest BCUT2D eigenvalue weighted by atomic mass is 10.1. The van der Waals surface area contributed by atoms with Gasteiger partial charge in [0, 0.05) is 41.8 Å². The number of amides is 2. The number of H-pyrrole nitrogens is 1.